The summed E-state index contributed by atoms with van der Waals surface area (Å²) < 4.78 is 0. The van der Waals surface area contributed by atoms with Crippen molar-refractivity contribution in [2.75, 3.05) is 11.1 Å². The number of nitrogens with one attached hydrogen (secondary N) is 1. The molecule has 0 saturated heterocycles. The average molecular weight is 243 g/mol. The number of rotatable bonds is 4. The van der Waals surface area contributed by atoms with Gasteiger partial charge < -0.3 is 11.1 Å². The van der Waals surface area contributed by atoms with Crippen molar-refractivity contribution < 1.29 is 0 Å². The first-order chi connectivity index (χ1) is 8.70. The van der Waals surface area contributed by atoms with Crippen molar-refractivity contribution in [3.63, 3.8) is 0 Å². The Morgan fingerprint density at radius 3 is 2.83 bits per heavy atom. The number of hydrogen-bond acceptors (Lipinski definition) is 3. The summed E-state index contributed by atoms with van der Waals surface area (Å²) in [7, 11) is 0. The highest BCUT2D eigenvalue weighted by atomic mass is 14.9. The zero-order valence-corrected chi connectivity index (χ0v) is 10.9. The zero-order valence-electron chi connectivity index (χ0n) is 10.9. The van der Waals surface area contributed by atoms with Crippen LogP contribution in [0.1, 0.15) is 38.2 Å². The van der Waals surface area contributed by atoms with E-state index in [9.17, 15) is 0 Å². The largest absolute Gasteiger partial charge is 0.398 e. The van der Waals surface area contributed by atoms with Crippen molar-refractivity contribution in [3.05, 3.63) is 23.8 Å². The summed E-state index contributed by atoms with van der Waals surface area (Å²) in [6.45, 7) is 2.25. The van der Waals surface area contributed by atoms with E-state index in [2.05, 4.69) is 18.3 Å². The molecule has 1 atom stereocenters. The average Bonchev–Trinajstić information content (AvgIpc) is 2.87. The molecule has 3 N–H and O–H groups in total. The lowest BCUT2D eigenvalue weighted by molar-refractivity contribution is 0.482. The van der Waals surface area contributed by atoms with Crippen molar-refractivity contribution in [2.45, 2.75) is 45.1 Å². The van der Waals surface area contributed by atoms with Gasteiger partial charge in [0.1, 0.15) is 0 Å². The molecule has 1 fully saturated rings. The first kappa shape index (κ1) is 12.8. The van der Waals surface area contributed by atoms with Crippen LogP contribution in [0.25, 0.3) is 0 Å². The van der Waals surface area contributed by atoms with Crippen LogP contribution in [0.15, 0.2) is 18.2 Å². The molecule has 1 aliphatic rings. The minimum atomic E-state index is 0.374. The number of nitrogen functional groups attached to an aromatic ring is 1. The molecule has 1 aromatic rings. The predicted octanol–water partition coefficient (Wildman–Crippen LogP) is 3.33. The number of nitrogens with two attached hydrogens (primary N) is 1. The highest BCUT2D eigenvalue weighted by Gasteiger charge is 2.21. The Morgan fingerprint density at radius 2 is 2.17 bits per heavy atom. The number of hydrogen-bond donors (Lipinski definition) is 2. The van der Waals surface area contributed by atoms with Gasteiger partial charge in [-0.1, -0.05) is 12.8 Å². The molecule has 96 valence electrons. The fourth-order valence-corrected chi connectivity index (χ4v) is 2.77. The Hall–Kier alpha value is -1.69. The molecule has 3 heteroatoms. The molecule has 0 bridgehead atoms. The first-order valence-corrected chi connectivity index (χ1v) is 6.72. The summed E-state index contributed by atoms with van der Waals surface area (Å²) in [6.07, 6.45) is 5.75. The highest BCUT2D eigenvalue weighted by Crippen LogP contribution is 2.29. The SMILES string of the molecule is CC(Nc1ccc(N)c(CC#N)c1)C1CCCC1. The van der Waals surface area contributed by atoms with Crippen LogP contribution in [0.4, 0.5) is 11.4 Å². The van der Waals surface area contributed by atoms with Gasteiger partial charge in [-0.05, 0) is 49.4 Å². The van der Waals surface area contributed by atoms with Crippen LogP contribution in [-0.2, 0) is 6.42 Å². The van der Waals surface area contributed by atoms with Gasteiger partial charge in [0.2, 0.25) is 0 Å². The van der Waals surface area contributed by atoms with E-state index in [1.165, 1.54) is 25.7 Å². The van der Waals surface area contributed by atoms with Crippen LogP contribution < -0.4 is 11.1 Å². The van der Waals surface area contributed by atoms with Gasteiger partial charge in [0.25, 0.3) is 0 Å². The molecule has 18 heavy (non-hydrogen) atoms. The number of nitriles is 1. The maximum absolute atomic E-state index is 8.76. The monoisotopic (exact) mass is 243 g/mol. The van der Waals surface area contributed by atoms with Gasteiger partial charge in [-0.25, -0.2) is 0 Å². The molecular formula is C15H21N3. The van der Waals surface area contributed by atoms with Crippen molar-refractivity contribution >= 4 is 11.4 Å². The molecule has 1 aliphatic carbocycles. The Kier molecular flexibility index (Phi) is 4.09. The number of benzene rings is 1. The first-order valence-electron chi connectivity index (χ1n) is 6.72. The predicted molar refractivity (Wildman–Crippen MR) is 75.2 cm³/mol. The highest BCUT2D eigenvalue weighted by molar-refractivity contribution is 5.58. The summed E-state index contributed by atoms with van der Waals surface area (Å²) in [6, 6.07) is 8.54. The van der Waals surface area contributed by atoms with Gasteiger partial charge in [0.05, 0.1) is 12.5 Å². The fourth-order valence-electron chi connectivity index (χ4n) is 2.77. The van der Waals surface area contributed by atoms with E-state index >= 15 is 0 Å². The molecule has 3 nitrogen and oxygen atoms in total. The van der Waals surface area contributed by atoms with Gasteiger partial charge in [-0.15, -0.1) is 0 Å². The summed E-state index contributed by atoms with van der Waals surface area (Å²) in [5.41, 5.74) is 8.55. The van der Waals surface area contributed by atoms with Gasteiger partial charge in [-0.3, -0.25) is 0 Å². The minimum absolute atomic E-state index is 0.374. The summed E-state index contributed by atoms with van der Waals surface area (Å²) in [4.78, 5) is 0. The molecule has 0 amide bonds. The lowest BCUT2D eigenvalue weighted by Gasteiger charge is -2.22. The molecule has 0 heterocycles. The van der Waals surface area contributed by atoms with Gasteiger partial charge in [0, 0.05) is 17.4 Å². The van der Waals surface area contributed by atoms with E-state index in [1.54, 1.807) is 0 Å². The Bertz CT molecular complexity index is 442. The standard InChI is InChI=1S/C15H21N3/c1-11(12-4-2-3-5-12)18-14-6-7-15(17)13(10-14)8-9-16/h6-7,10-12,18H,2-5,8,17H2,1H3. The molecule has 0 aromatic heterocycles. The van der Waals surface area contributed by atoms with E-state index < -0.39 is 0 Å². The fraction of sp³-hybridized carbons (Fsp3) is 0.533. The van der Waals surface area contributed by atoms with Crippen molar-refractivity contribution in [1.82, 2.24) is 0 Å². The summed E-state index contributed by atoms with van der Waals surface area (Å²) in [5, 5.41) is 12.3. The maximum atomic E-state index is 8.76. The molecule has 0 spiro atoms. The van der Waals surface area contributed by atoms with Crippen LogP contribution in [0.2, 0.25) is 0 Å². The molecule has 1 unspecified atom stereocenters. The minimum Gasteiger partial charge on any atom is -0.398 e. The smallest absolute Gasteiger partial charge is 0.0670 e. The van der Waals surface area contributed by atoms with E-state index in [4.69, 9.17) is 11.0 Å². The second-order valence-corrected chi connectivity index (χ2v) is 5.23. The molecule has 0 aliphatic heterocycles. The second kappa shape index (κ2) is 5.77. The second-order valence-electron chi connectivity index (χ2n) is 5.23. The zero-order chi connectivity index (χ0) is 13.0. The van der Waals surface area contributed by atoms with Gasteiger partial charge in [-0.2, -0.15) is 5.26 Å². The van der Waals surface area contributed by atoms with E-state index in [-0.39, 0.29) is 0 Å². The third-order valence-corrected chi connectivity index (χ3v) is 3.91. The molecule has 2 rings (SSSR count). The van der Waals surface area contributed by atoms with Crippen molar-refractivity contribution in [3.8, 4) is 6.07 Å². The van der Waals surface area contributed by atoms with E-state index in [0.29, 0.717) is 18.2 Å². The van der Waals surface area contributed by atoms with Crippen LogP contribution in [0.5, 0.6) is 0 Å². The van der Waals surface area contributed by atoms with Crippen LogP contribution in [0, 0.1) is 17.2 Å². The molecule has 1 saturated carbocycles. The van der Waals surface area contributed by atoms with Crippen LogP contribution in [-0.4, -0.2) is 6.04 Å². The third kappa shape index (κ3) is 2.95. The van der Waals surface area contributed by atoms with Gasteiger partial charge in [0.15, 0.2) is 0 Å². The normalized spacial score (nSPS) is 17.3. The van der Waals surface area contributed by atoms with Crippen LogP contribution in [0.3, 0.4) is 0 Å². The van der Waals surface area contributed by atoms with Crippen molar-refractivity contribution in [2.24, 2.45) is 5.92 Å². The van der Waals surface area contributed by atoms with E-state index in [0.717, 1.165) is 17.2 Å². The van der Waals surface area contributed by atoms with Crippen molar-refractivity contribution in [1.29, 1.82) is 5.26 Å². The number of nitrogens with zero attached hydrogens (tertiary/aromatic N) is 1. The van der Waals surface area contributed by atoms with Gasteiger partial charge >= 0.3 is 0 Å². The molecule has 0 radical (unpaired) electrons. The number of anilines is 2. The lowest BCUT2D eigenvalue weighted by Crippen LogP contribution is -2.23. The third-order valence-electron chi connectivity index (χ3n) is 3.91. The maximum Gasteiger partial charge on any atom is 0.0670 e. The molecular weight excluding hydrogens is 222 g/mol. The Balaban J connectivity index is 2.04. The van der Waals surface area contributed by atoms with Crippen LogP contribution >= 0.6 is 0 Å². The summed E-state index contributed by atoms with van der Waals surface area (Å²) >= 11 is 0. The summed E-state index contributed by atoms with van der Waals surface area (Å²) in [5.74, 6) is 0.780. The quantitative estimate of drug-likeness (QED) is 0.797. The topological polar surface area (TPSA) is 61.8 Å². The molecule has 1 aromatic carbocycles. The lowest BCUT2D eigenvalue weighted by atomic mass is 9.99. The Labute approximate surface area is 109 Å². The Morgan fingerprint density at radius 1 is 1.44 bits per heavy atom. The van der Waals surface area contributed by atoms with E-state index in [1.807, 2.05) is 18.2 Å².